The largest absolute Gasteiger partial charge is 0.496 e. The van der Waals surface area contributed by atoms with Crippen LogP contribution < -0.4 is 5.73 Å². The van der Waals surface area contributed by atoms with Gasteiger partial charge in [0.05, 0.1) is 19.6 Å². The number of ether oxygens (including phenoxy) is 2. The molecule has 0 spiro atoms. The normalized spacial score (nSPS) is 25.9. The first-order chi connectivity index (χ1) is 9.58. The Bertz CT molecular complexity index is 620. The fraction of sp³-hybridized carbons (Fsp3) is 0.500. The topological polar surface area (TPSA) is 133 Å². The van der Waals surface area contributed by atoms with Crippen molar-refractivity contribution in [2.75, 3.05) is 14.2 Å². The highest BCUT2D eigenvalue weighted by molar-refractivity contribution is 7.90. The van der Waals surface area contributed by atoms with Gasteiger partial charge in [0.15, 0.2) is 11.4 Å². The number of rotatable bonds is 6. The zero-order valence-corrected chi connectivity index (χ0v) is 12.6. The van der Waals surface area contributed by atoms with E-state index in [0.717, 1.165) is 19.3 Å². The van der Waals surface area contributed by atoms with Crippen LogP contribution in [-0.4, -0.2) is 50.4 Å². The van der Waals surface area contributed by atoms with Crippen molar-refractivity contribution < 1.29 is 32.0 Å². The smallest absolute Gasteiger partial charge is 0.298 e. The van der Waals surface area contributed by atoms with Gasteiger partial charge in [-0.3, -0.25) is 14.1 Å². The number of hydrogen-bond donors (Lipinski definition) is 2. The van der Waals surface area contributed by atoms with Gasteiger partial charge in [0, 0.05) is 7.11 Å². The monoisotopic (exact) mass is 319 g/mol. The van der Waals surface area contributed by atoms with Gasteiger partial charge in [-0.25, -0.2) is 0 Å². The van der Waals surface area contributed by atoms with Crippen molar-refractivity contribution >= 4 is 21.7 Å². The molecule has 3 N–H and O–H groups in total. The highest BCUT2D eigenvalue weighted by Crippen LogP contribution is 2.32. The van der Waals surface area contributed by atoms with Crippen LogP contribution in [0.15, 0.2) is 22.8 Å². The molecule has 0 fully saturated rings. The molecule has 1 aliphatic rings. The molecule has 9 heteroatoms. The Balaban J connectivity index is 3.46. The lowest BCUT2D eigenvalue weighted by molar-refractivity contribution is -0.139. The zero-order chi connectivity index (χ0) is 16.4. The summed E-state index contributed by atoms with van der Waals surface area (Å²) in [6, 6.07) is -1.07. The summed E-state index contributed by atoms with van der Waals surface area (Å²) in [5.41, 5.74) is 3.98. The molecule has 0 aromatic rings. The van der Waals surface area contributed by atoms with E-state index in [1.165, 1.54) is 14.0 Å². The highest BCUT2D eigenvalue weighted by atomic mass is 32.2. The summed E-state index contributed by atoms with van der Waals surface area (Å²) in [4.78, 5) is 22.7. The summed E-state index contributed by atoms with van der Waals surface area (Å²) in [5.74, 6) is -1.34. The number of ketones is 2. The third-order valence-electron chi connectivity index (χ3n) is 3.10. The third kappa shape index (κ3) is 3.38. The van der Waals surface area contributed by atoms with Crippen LogP contribution in [0.3, 0.4) is 0 Å². The molecule has 1 rings (SSSR count). The Morgan fingerprint density at radius 3 is 2.38 bits per heavy atom. The Morgan fingerprint density at radius 1 is 1.43 bits per heavy atom. The van der Waals surface area contributed by atoms with Crippen LogP contribution in [0.4, 0.5) is 0 Å². The van der Waals surface area contributed by atoms with Crippen LogP contribution in [0.25, 0.3) is 0 Å². The maximum atomic E-state index is 12.2. The molecule has 118 valence electrons. The van der Waals surface area contributed by atoms with Gasteiger partial charge in [-0.05, 0) is 19.1 Å². The first kappa shape index (κ1) is 17.5. The number of carbonyl (C=O) groups is 2. The number of methoxy groups -OCH3 is 2. The van der Waals surface area contributed by atoms with E-state index in [9.17, 15) is 22.6 Å². The molecule has 0 aromatic heterocycles. The average molecular weight is 319 g/mol. The number of hydrogen-bond acceptors (Lipinski definition) is 7. The lowest BCUT2D eigenvalue weighted by Gasteiger charge is -2.35. The van der Waals surface area contributed by atoms with Gasteiger partial charge in [0.25, 0.3) is 10.1 Å². The quantitative estimate of drug-likeness (QED) is 0.497. The Hall–Kier alpha value is -1.55. The summed E-state index contributed by atoms with van der Waals surface area (Å²) >= 11 is 0. The highest BCUT2D eigenvalue weighted by Gasteiger charge is 2.47. The molecule has 0 aliphatic heterocycles. The van der Waals surface area contributed by atoms with E-state index in [0.29, 0.717) is 0 Å². The van der Waals surface area contributed by atoms with Crippen molar-refractivity contribution in [3.8, 4) is 0 Å². The second kappa shape index (κ2) is 6.06. The Morgan fingerprint density at radius 2 is 2.00 bits per heavy atom. The molecule has 0 heterocycles. The summed E-state index contributed by atoms with van der Waals surface area (Å²) < 4.78 is 42.0. The summed E-state index contributed by atoms with van der Waals surface area (Å²) in [6.07, 6.45) is 1.54. The molecular formula is C12H17NO7S. The minimum Gasteiger partial charge on any atom is -0.496 e. The fourth-order valence-corrected chi connectivity index (χ4v) is 2.77. The van der Waals surface area contributed by atoms with Gasteiger partial charge in [-0.15, -0.1) is 0 Å². The molecule has 0 bridgehead atoms. The summed E-state index contributed by atoms with van der Waals surface area (Å²) in [6.45, 7) is 1.21. The summed E-state index contributed by atoms with van der Waals surface area (Å²) in [7, 11) is -2.31. The number of carbonyl (C=O) groups excluding carboxylic acids is 2. The minimum atomic E-state index is -4.66. The zero-order valence-electron chi connectivity index (χ0n) is 11.8. The van der Waals surface area contributed by atoms with E-state index < -0.39 is 44.7 Å². The Kier molecular flexibility index (Phi) is 5.05. The van der Waals surface area contributed by atoms with Gasteiger partial charge in [0.2, 0.25) is 0 Å². The van der Waals surface area contributed by atoms with Crippen molar-refractivity contribution in [1.82, 2.24) is 0 Å². The lowest BCUT2D eigenvalue weighted by atomic mass is 9.83. The van der Waals surface area contributed by atoms with Gasteiger partial charge < -0.3 is 15.2 Å². The predicted octanol–water partition coefficient (Wildman–Crippen LogP) is -0.437. The van der Waals surface area contributed by atoms with Crippen LogP contribution >= 0.6 is 0 Å². The van der Waals surface area contributed by atoms with Crippen molar-refractivity contribution in [3.63, 3.8) is 0 Å². The standard InChI is InChI=1S/C12H17NO7S/c1-7(14)4-11(15)12(20-3)6-9(21(16,17)18)8(19-2)5-10(12)13/h5-6,10H,4,13H2,1-3H3,(H,16,17,18). The van der Waals surface area contributed by atoms with Gasteiger partial charge >= 0.3 is 0 Å². The minimum absolute atomic E-state index is 0.201. The molecule has 0 amide bonds. The van der Waals surface area contributed by atoms with Crippen molar-refractivity contribution in [2.24, 2.45) is 5.73 Å². The van der Waals surface area contributed by atoms with Crippen LogP contribution in [0, 0.1) is 0 Å². The average Bonchev–Trinajstić information content (AvgIpc) is 2.36. The molecule has 2 atom stereocenters. The molecule has 1 aliphatic carbocycles. The summed E-state index contributed by atoms with van der Waals surface area (Å²) in [5, 5.41) is 0. The van der Waals surface area contributed by atoms with Crippen molar-refractivity contribution in [1.29, 1.82) is 0 Å². The van der Waals surface area contributed by atoms with E-state index in [2.05, 4.69) is 0 Å². The number of Topliss-reactive ketones (excluding diaryl/α,β-unsaturated/α-hetero) is 2. The predicted molar refractivity (Wildman–Crippen MR) is 72.7 cm³/mol. The van der Waals surface area contributed by atoms with Gasteiger partial charge in [-0.1, -0.05) is 0 Å². The molecule has 21 heavy (non-hydrogen) atoms. The molecule has 0 radical (unpaired) electrons. The molecular weight excluding hydrogens is 302 g/mol. The SMILES string of the molecule is COC1=CC(N)C(OC)(C(=O)CC(C)=O)C=C1S(=O)(=O)O. The van der Waals surface area contributed by atoms with E-state index in [4.69, 9.17) is 15.2 Å². The van der Waals surface area contributed by atoms with Crippen molar-refractivity contribution in [2.45, 2.75) is 25.0 Å². The lowest BCUT2D eigenvalue weighted by Crippen LogP contribution is -2.55. The van der Waals surface area contributed by atoms with Gasteiger partial charge in [-0.2, -0.15) is 8.42 Å². The van der Waals surface area contributed by atoms with Crippen LogP contribution in [0.1, 0.15) is 13.3 Å². The van der Waals surface area contributed by atoms with E-state index in [1.54, 1.807) is 0 Å². The maximum absolute atomic E-state index is 12.2. The van der Waals surface area contributed by atoms with Crippen LogP contribution in [-0.2, 0) is 29.2 Å². The fourth-order valence-electron chi connectivity index (χ4n) is 2.04. The molecule has 0 aromatic carbocycles. The Labute approximate surface area is 122 Å². The second-order valence-corrected chi connectivity index (χ2v) is 5.93. The van der Waals surface area contributed by atoms with Crippen molar-refractivity contribution in [3.05, 3.63) is 22.8 Å². The van der Waals surface area contributed by atoms with E-state index in [-0.39, 0.29) is 5.76 Å². The van der Waals surface area contributed by atoms with Gasteiger partial charge in [0.1, 0.15) is 16.4 Å². The first-order valence-corrected chi connectivity index (χ1v) is 7.32. The molecule has 2 unspecified atom stereocenters. The van der Waals surface area contributed by atoms with E-state index >= 15 is 0 Å². The first-order valence-electron chi connectivity index (χ1n) is 5.88. The third-order valence-corrected chi connectivity index (χ3v) is 3.97. The maximum Gasteiger partial charge on any atom is 0.298 e. The van der Waals surface area contributed by atoms with Crippen LogP contribution in [0.2, 0.25) is 0 Å². The molecule has 8 nitrogen and oxygen atoms in total. The molecule has 0 saturated carbocycles. The number of nitrogens with two attached hydrogens (primary N) is 1. The van der Waals surface area contributed by atoms with Crippen LogP contribution in [0.5, 0.6) is 0 Å². The second-order valence-electron chi connectivity index (χ2n) is 4.54. The van der Waals surface area contributed by atoms with E-state index in [1.807, 2.05) is 0 Å². The molecule has 0 saturated heterocycles.